The lowest BCUT2D eigenvalue weighted by atomic mass is 9.86. The Bertz CT molecular complexity index is 445. The first-order valence-corrected chi connectivity index (χ1v) is 7.70. The SMILES string of the molecule is Cc1ccc(OCC2CCC2)c(C2(N)CCCC2)c1. The second-order valence-corrected chi connectivity index (χ2v) is 6.47. The Morgan fingerprint density at radius 3 is 2.58 bits per heavy atom. The van der Waals surface area contributed by atoms with Gasteiger partial charge in [0.1, 0.15) is 5.75 Å². The standard InChI is InChI=1S/C17H25NO/c1-13-7-8-16(19-12-14-5-4-6-14)15(11-13)17(18)9-2-3-10-17/h7-8,11,14H,2-6,9-10,12,18H2,1H3. The van der Waals surface area contributed by atoms with Crippen LogP contribution in [-0.2, 0) is 5.54 Å². The predicted molar refractivity (Wildman–Crippen MR) is 78.3 cm³/mol. The first kappa shape index (κ1) is 13.0. The molecule has 2 saturated carbocycles. The van der Waals surface area contributed by atoms with E-state index >= 15 is 0 Å². The molecule has 0 unspecified atom stereocenters. The zero-order valence-electron chi connectivity index (χ0n) is 12.0. The van der Waals surface area contributed by atoms with Crippen molar-refractivity contribution in [3.63, 3.8) is 0 Å². The van der Waals surface area contributed by atoms with E-state index < -0.39 is 0 Å². The summed E-state index contributed by atoms with van der Waals surface area (Å²) in [4.78, 5) is 0. The largest absolute Gasteiger partial charge is 0.493 e. The summed E-state index contributed by atoms with van der Waals surface area (Å²) in [5, 5.41) is 0. The third-order valence-corrected chi connectivity index (χ3v) is 4.87. The highest BCUT2D eigenvalue weighted by atomic mass is 16.5. The quantitative estimate of drug-likeness (QED) is 0.890. The van der Waals surface area contributed by atoms with Gasteiger partial charge >= 0.3 is 0 Å². The lowest BCUT2D eigenvalue weighted by Gasteiger charge is -2.30. The number of ether oxygens (including phenoxy) is 1. The fourth-order valence-electron chi connectivity index (χ4n) is 3.30. The van der Waals surface area contributed by atoms with Gasteiger partial charge < -0.3 is 10.5 Å². The van der Waals surface area contributed by atoms with Gasteiger partial charge in [-0.1, -0.05) is 37.0 Å². The van der Waals surface area contributed by atoms with Crippen molar-refractivity contribution < 1.29 is 4.74 Å². The van der Waals surface area contributed by atoms with Crippen LogP contribution < -0.4 is 10.5 Å². The lowest BCUT2D eigenvalue weighted by molar-refractivity contribution is 0.177. The van der Waals surface area contributed by atoms with Gasteiger partial charge in [0.15, 0.2) is 0 Å². The van der Waals surface area contributed by atoms with Crippen LogP contribution >= 0.6 is 0 Å². The maximum atomic E-state index is 6.62. The Labute approximate surface area is 116 Å². The van der Waals surface area contributed by atoms with Crippen molar-refractivity contribution >= 4 is 0 Å². The molecular formula is C17H25NO. The number of hydrogen-bond acceptors (Lipinski definition) is 2. The highest BCUT2D eigenvalue weighted by Crippen LogP contribution is 2.41. The molecule has 2 N–H and O–H groups in total. The minimum absolute atomic E-state index is 0.152. The summed E-state index contributed by atoms with van der Waals surface area (Å²) in [5.74, 6) is 1.80. The summed E-state index contributed by atoms with van der Waals surface area (Å²) >= 11 is 0. The summed E-state index contributed by atoms with van der Waals surface area (Å²) in [6.45, 7) is 3.00. The fourth-order valence-corrected chi connectivity index (χ4v) is 3.30. The highest BCUT2D eigenvalue weighted by molar-refractivity contribution is 5.42. The molecule has 2 heteroatoms. The van der Waals surface area contributed by atoms with E-state index in [9.17, 15) is 0 Å². The molecule has 2 aliphatic carbocycles. The zero-order valence-corrected chi connectivity index (χ0v) is 12.0. The van der Waals surface area contributed by atoms with E-state index in [2.05, 4.69) is 25.1 Å². The molecular weight excluding hydrogens is 234 g/mol. The van der Waals surface area contributed by atoms with Crippen molar-refractivity contribution in [1.29, 1.82) is 0 Å². The molecule has 0 radical (unpaired) electrons. The molecule has 104 valence electrons. The van der Waals surface area contributed by atoms with Gasteiger partial charge in [-0.15, -0.1) is 0 Å². The van der Waals surface area contributed by atoms with Crippen LogP contribution in [0.25, 0.3) is 0 Å². The van der Waals surface area contributed by atoms with Crippen LogP contribution in [-0.4, -0.2) is 6.61 Å². The Balaban J connectivity index is 1.81. The number of aryl methyl sites for hydroxylation is 1. The van der Waals surface area contributed by atoms with Crippen molar-refractivity contribution in [3.8, 4) is 5.75 Å². The molecule has 1 aromatic carbocycles. The highest BCUT2D eigenvalue weighted by Gasteiger charge is 2.34. The Hall–Kier alpha value is -1.02. The Morgan fingerprint density at radius 2 is 1.95 bits per heavy atom. The third kappa shape index (κ3) is 2.64. The normalized spacial score (nSPS) is 22.2. The van der Waals surface area contributed by atoms with E-state index in [1.54, 1.807) is 0 Å². The van der Waals surface area contributed by atoms with Crippen molar-refractivity contribution in [2.24, 2.45) is 11.7 Å². The molecule has 3 rings (SSSR count). The summed E-state index contributed by atoms with van der Waals surface area (Å²) < 4.78 is 6.09. The number of rotatable bonds is 4. The van der Waals surface area contributed by atoms with Crippen molar-refractivity contribution in [2.45, 2.75) is 57.4 Å². The lowest BCUT2D eigenvalue weighted by Crippen LogP contribution is -2.34. The maximum Gasteiger partial charge on any atom is 0.124 e. The number of hydrogen-bond donors (Lipinski definition) is 1. The Morgan fingerprint density at radius 1 is 1.21 bits per heavy atom. The van der Waals surface area contributed by atoms with E-state index in [0.717, 1.165) is 31.1 Å². The first-order chi connectivity index (χ1) is 9.17. The van der Waals surface area contributed by atoms with Gasteiger partial charge in [0, 0.05) is 11.1 Å². The summed E-state index contributed by atoms with van der Waals surface area (Å²) in [6.07, 6.45) is 8.70. The molecule has 0 heterocycles. The summed E-state index contributed by atoms with van der Waals surface area (Å²) in [5.41, 5.74) is 8.99. The maximum absolute atomic E-state index is 6.62. The molecule has 1 aromatic rings. The molecule has 0 aliphatic heterocycles. The van der Waals surface area contributed by atoms with E-state index in [0.29, 0.717) is 0 Å². The minimum atomic E-state index is -0.152. The molecule has 2 fully saturated rings. The van der Waals surface area contributed by atoms with Gasteiger partial charge in [-0.05, 0) is 44.6 Å². The first-order valence-electron chi connectivity index (χ1n) is 7.70. The average Bonchev–Trinajstić information content (AvgIpc) is 2.77. The van der Waals surface area contributed by atoms with Gasteiger partial charge in [-0.2, -0.15) is 0 Å². The summed E-state index contributed by atoms with van der Waals surface area (Å²) in [7, 11) is 0. The van der Waals surface area contributed by atoms with Gasteiger partial charge in [0.05, 0.1) is 6.61 Å². The molecule has 0 spiro atoms. The van der Waals surface area contributed by atoms with Crippen LogP contribution in [0.4, 0.5) is 0 Å². The molecule has 19 heavy (non-hydrogen) atoms. The van der Waals surface area contributed by atoms with Gasteiger partial charge in [-0.3, -0.25) is 0 Å². The van der Waals surface area contributed by atoms with Crippen LogP contribution in [0.5, 0.6) is 5.75 Å². The molecule has 0 saturated heterocycles. The molecule has 0 aromatic heterocycles. The average molecular weight is 259 g/mol. The molecule has 0 bridgehead atoms. The van der Waals surface area contributed by atoms with E-state index in [-0.39, 0.29) is 5.54 Å². The van der Waals surface area contributed by atoms with Crippen LogP contribution in [0.1, 0.15) is 56.1 Å². The molecule has 2 aliphatic rings. The van der Waals surface area contributed by atoms with Crippen molar-refractivity contribution in [1.82, 2.24) is 0 Å². The van der Waals surface area contributed by atoms with E-state index in [4.69, 9.17) is 10.5 Å². The molecule has 0 atom stereocenters. The molecule has 0 amide bonds. The number of benzene rings is 1. The van der Waals surface area contributed by atoms with Crippen LogP contribution in [0.15, 0.2) is 18.2 Å². The van der Waals surface area contributed by atoms with E-state index in [1.165, 1.54) is 43.2 Å². The topological polar surface area (TPSA) is 35.2 Å². The van der Waals surface area contributed by atoms with Gasteiger partial charge in [0.2, 0.25) is 0 Å². The van der Waals surface area contributed by atoms with Crippen LogP contribution in [0, 0.1) is 12.8 Å². The summed E-state index contributed by atoms with van der Waals surface area (Å²) in [6, 6.07) is 6.50. The molecule has 2 nitrogen and oxygen atoms in total. The monoisotopic (exact) mass is 259 g/mol. The zero-order chi connectivity index (χ0) is 13.3. The van der Waals surface area contributed by atoms with Gasteiger partial charge in [0.25, 0.3) is 0 Å². The Kier molecular flexibility index (Phi) is 3.53. The second kappa shape index (κ2) is 5.16. The second-order valence-electron chi connectivity index (χ2n) is 6.47. The van der Waals surface area contributed by atoms with Gasteiger partial charge in [-0.25, -0.2) is 0 Å². The fraction of sp³-hybridized carbons (Fsp3) is 0.647. The number of nitrogens with two attached hydrogens (primary N) is 1. The van der Waals surface area contributed by atoms with Crippen molar-refractivity contribution in [3.05, 3.63) is 29.3 Å². The van der Waals surface area contributed by atoms with Crippen LogP contribution in [0.2, 0.25) is 0 Å². The smallest absolute Gasteiger partial charge is 0.124 e. The third-order valence-electron chi connectivity index (χ3n) is 4.87. The van der Waals surface area contributed by atoms with Crippen LogP contribution in [0.3, 0.4) is 0 Å². The van der Waals surface area contributed by atoms with E-state index in [1.807, 2.05) is 0 Å². The minimum Gasteiger partial charge on any atom is -0.493 e. The predicted octanol–water partition coefficient (Wildman–Crippen LogP) is 3.90. The van der Waals surface area contributed by atoms with Crippen molar-refractivity contribution in [2.75, 3.05) is 6.61 Å².